The van der Waals surface area contributed by atoms with Gasteiger partial charge in [-0.15, -0.1) is 0 Å². The number of pyridine rings is 1. The summed E-state index contributed by atoms with van der Waals surface area (Å²) in [6, 6.07) is 6.55. The van der Waals surface area contributed by atoms with E-state index in [-0.39, 0.29) is 0 Å². The van der Waals surface area contributed by atoms with Gasteiger partial charge in [-0.05, 0) is 25.5 Å². The lowest BCUT2D eigenvalue weighted by Gasteiger charge is -2.21. The van der Waals surface area contributed by atoms with Gasteiger partial charge in [-0.1, -0.05) is 0 Å². The molecular formula is C12H14N4. The normalized spacial score (nSPS) is 18.9. The summed E-state index contributed by atoms with van der Waals surface area (Å²) in [6.07, 6.45) is 4.72. The molecule has 1 aliphatic heterocycles. The van der Waals surface area contributed by atoms with Crippen molar-refractivity contribution in [2.75, 3.05) is 11.9 Å². The van der Waals surface area contributed by atoms with Crippen LogP contribution in [0.3, 0.4) is 0 Å². The molecule has 3 rings (SSSR count). The Morgan fingerprint density at radius 2 is 2.19 bits per heavy atom. The van der Waals surface area contributed by atoms with Crippen LogP contribution < -0.4 is 5.32 Å². The molecule has 3 heterocycles. The topological polar surface area (TPSA) is 42.7 Å². The van der Waals surface area contributed by atoms with Crippen molar-refractivity contribution in [3.05, 3.63) is 30.6 Å². The van der Waals surface area contributed by atoms with Gasteiger partial charge in [0, 0.05) is 30.6 Å². The largest absolute Gasteiger partial charge is 0.370 e. The highest BCUT2D eigenvalue weighted by Crippen LogP contribution is 2.27. The summed E-state index contributed by atoms with van der Waals surface area (Å²) in [7, 11) is 0. The molecule has 0 aliphatic carbocycles. The molecule has 0 saturated heterocycles. The average molecular weight is 214 g/mol. The van der Waals surface area contributed by atoms with Crippen LogP contribution in [0.15, 0.2) is 30.6 Å². The molecule has 0 aromatic carbocycles. The Hall–Kier alpha value is -1.84. The Morgan fingerprint density at radius 3 is 2.94 bits per heavy atom. The lowest BCUT2D eigenvalue weighted by Crippen LogP contribution is -2.21. The van der Waals surface area contributed by atoms with Gasteiger partial charge in [0.05, 0.1) is 11.7 Å². The van der Waals surface area contributed by atoms with Crippen LogP contribution in [0.5, 0.6) is 0 Å². The maximum Gasteiger partial charge on any atom is 0.125 e. The Morgan fingerprint density at radius 1 is 1.38 bits per heavy atom. The minimum Gasteiger partial charge on any atom is -0.370 e. The molecule has 1 N–H and O–H groups in total. The van der Waals surface area contributed by atoms with Gasteiger partial charge in [0.25, 0.3) is 0 Å². The second kappa shape index (κ2) is 3.63. The van der Waals surface area contributed by atoms with Crippen LogP contribution in [-0.2, 0) is 0 Å². The van der Waals surface area contributed by atoms with Crippen LogP contribution in [0.25, 0.3) is 11.3 Å². The average Bonchev–Trinajstić information content (AvgIpc) is 2.76. The number of rotatable bonds is 1. The predicted octanol–water partition coefficient (Wildman–Crippen LogP) is 2.32. The van der Waals surface area contributed by atoms with Gasteiger partial charge in [-0.3, -0.25) is 4.98 Å². The van der Waals surface area contributed by atoms with E-state index in [2.05, 4.69) is 33.1 Å². The summed E-state index contributed by atoms with van der Waals surface area (Å²) in [4.78, 5) is 4.02. The Bertz CT molecular complexity index is 489. The zero-order valence-corrected chi connectivity index (χ0v) is 9.22. The second-order valence-electron chi connectivity index (χ2n) is 4.16. The molecular weight excluding hydrogens is 200 g/mol. The van der Waals surface area contributed by atoms with Crippen molar-refractivity contribution in [3.63, 3.8) is 0 Å². The molecule has 16 heavy (non-hydrogen) atoms. The molecule has 4 nitrogen and oxygen atoms in total. The number of anilines is 1. The molecule has 0 radical (unpaired) electrons. The van der Waals surface area contributed by atoms with E-state index < -0.39 is 0 Å². The van der Waals surface area contributed by atoms with E-state index in [4.69, 9.17) is 0 Å². The molecule has 1 atom stereocenters. The quantitative estimate of drug-likeness (QED) is 0.792. The van der Waals surface area contributed by atoms with E-state index in [0.29, 0.717) is 6.04 Å². The molecule has 2 aromatic rings. The fourth-order valence-corrected chi connectivity index (χ4v) is 2.06. The van der Waals surface area contributed by atoms with E-state index in [9.17, 15) is 0 Å². The van der Waals surface area contributed by atoms with Gasteiger partial charge >= 0.3 is 0 Å². The third kappa shape index (κ3) is 1.46. The van der Waals surface area contributed by atoms with Crippen molar-refractivity contribution in [2.45, 2.75) is 19.4 Å². The lowest BCUT2D eigenvalue weighted by molar-refractivity contribution is 0.454. The highest BCUT2D eigenvalue weighted by Gasteiger charge is 2.17. The zero-order valence-electron chi connectivity index (χ0n) is 9.22. The standard InChI is InChI=1S/C12H14N4/c1-9-2-7-14-12-8-11(15-16(9)12)10-3-5-13-6-4-10/h3-6,8-9,14H,2,7H2,1H3. The maximum atomic E-state index is 4.63. The van der Waals surface area contributed by atoms with Crippen LogP contribution in [0, 0.1) is 0 Å². The van der Waals surface area contributed by atoms with Crippen LogP contribution in [-0.4, -0.2) is 21.3 Å². The van der Waals surface area contributed by atoms with Gasteiger partial charge in [0.2, 0.25) is 0 Å². The molecule has 2 aromatic heterocycles. The first kappa shape index (κ1) is 9.39. The van der Waals surface area contributed by atoms with Crippen molar-refractivity contribution in [1.82, 2.24) is 14.8 Å². The summed E-state index contributed by atoms with van der Waals surface area (Å²) < 4.78 is 2.07. The van der Waals surface area contributed by atoms with Gasteiger partial charge < -0.3 is 5.32 Å². The van der Waals surface area contributed by atoms with Gasteiger partial charge in [-0.25, -0.2) is 4.68 Å². The first-order valence-electron chi connectivity index (χ1n) is 5.58. The van der Waals surface area contributed by atoms with E-state index in [1.54, 1.807) is 12.4 Å². The molecule has 0 amide bonds. The van der Waals surface area contributed by atoms with Crippen molar-refractivity contribution >= 4 is 5.82 Å². The Balaban J connectivity index is 2.05. The number of hydrogen-bond acceptors (Lipinski definition) is 3. The van der Waals surface area contributed by atoms with Crippen molar-refractivity contribution in [2.24, 2.45) is 0 Å². The molecule has 0 bridgehead atoms. The smallest absolute Gasteiger partial charge is 0.125 e. The molecule has 0 fully saturated rings. The van der Waals surface area contributed by atoms with Crippen LogP contribution >= 0.6 is 0 Å². The van der Waals surface area contributed by atoms with Crippen molar-refractivity contribution in [1.29, 1.82) is 0 Å². The summed E-state index contributed by atoms with van der Waals surface area (Å²) >= 11 is 0. The van der Waals surface area contributed by atoms with E-state index in [1.807, 2.05) is 12.1 Å². The van der Waals surface area contributed by atoms with Gasteiger partial charge in [0.15, 0.2) is 0 Å². The summed E-state index contributed by atoms with van der Waals surface area (Å²) in [6.45, 7) is 3.23. The van der Waals surface area contributed by atoms with E-state index in [1.165, 1.54) is 0 Å². The fraction of sp³-hybridized carbons (Fsp3) is 0.333. The maximum absolute atomic E-state index is 4.63. The third-order valence-corrected chi connectivity index (χ3v) is 3.00. The molecule has 0 saturated carbocycles. The second-order valence-corrected chi connectivity index (χ2v) is 4.16. The van der Waals surface area contributed by atoms with Gasteiger partial charge in [-0.2, -0.15) is 5.10 Å². The monoisotopic (exact) mass is 214 g/mol. The number of nitrogens with zero attached hydrogens (tertiary/aromatic N) is 3. The first-order chi connectivity index (χ1) is 7.84. The summed E-state index contributed by atoms with van der Waals surface area (Å²) in [5, 5.41) is 8.00. The minimum atomic E-state index is 0.479. The van der Waals surface area contributed by atoms with E-state index in [0.717, 1.165) is 30.0 Å². The number of fused-ring (bicyclic) bond motifs is 1. The highest BCUT2D eigenvalue weighted by atomic mass is 15.4. The molecule has 1 aliphatic rings. The summed E-state index contributed by atoms with van der Waals surface area (Å²) in [5.74, 6) is 1.12. The number of hydrogen-bond donors (Lipinski definition) is 1. The molecule has 1 unspecified atom stereocenters. The lowest BCUT2D eigenvalue weighted by atomic mass is 10.2. The fourth-order valence-electron chi connectivity index (χ4n) is 2.06. The molecule has 4 heteroatoms. The van der Waals surface area contributed by atoms with Crippen LogP contribution in [0.2, 0.25) is 0 Å². The molecule has 82 valence electrons. The predicted molar refractivity (Wildman–Crippen MR) is 63.3 cm³/mol. The number of nitrogens with one attached hydrogen (secondary N) is 1. The van der Waals surface area contributed by atoms with Gasteiger partial charge in [0.1, 0.15) is 5.82 Å². The minimum absolute atomic E-state index is 0.479. The first-order valence-corrected chi connectivity index (χ1v) is 5.58. The van der Waals surface area contributed by atoms with Crippen molar-refractivity contribution in [3.8, 4) is 11.3 Å². The Labute approximate surface area is 94.3 Å². The zero-order chi connectivity index (χ0) is 11.0. The van der Waals surface area contributed by atoms with Crippen LogP contribution in [0.4, 0.5) is 5.82 Å². The van der Waals surface area contributed by atoms with Crippen molar-refractivity contribution < 1.29 is 0 Å². The number of aromatic nitrogens is 3. The molecule has 0 spiro atoms. The SMILES string of the molecule is CC1CCNc2cc(-c3ccncc3)nn21. The third-order valence-electron chi connectivity index (χ3n) is 3.00. The Kier molecular flexibility index (Phi) is 2.13. The van der Waals surface area contributed by atoms with E-state index >= 15 is 0 Å². The highest BCUT2D eigenvalue weighted by molar-refractivity contribution is 5.62. The van der Waals surface area contributed by atoms with Crippen LogP contribution in [0.1, 0.15) is 19.4 Å². The summed E-state index contributed by atoms with van der Waals surface area (Å²) in [5.41, 5.74) is 2.13.